The van der Waals surface area contributed by atoms with Crippen LogP contribution in [0.15, 0.2) is 12.4 Å². The van der Waals surface area contributed by atoms with E-state index >= 15 is 0 Å². The maximum Gasteiger partial charge on any atom is 0.257 e. The van der Waals surface area contributed by atoms with Gasteiger partial charge in [0.1, 0.15) is 12.4 Å². The third-order valence-corrected chi connectivity index (χ3v) is 10.4. The Morgan fingerprint density at radius 2 is 0.727 bits per heavy atom. The van der Waals surface area contributed by atoms with Crippen molar-refractivity contribution in [2.45, 2.75) is 252 Å². The number of hydrogen-bond acceptors (Lipinski definition) is 0. The molecular weight excluding hydrogens is 532 g/mol. The monoisotopic (exact) mass is 616 g/mol. The van der Waals surface area contributed by atoms with E-state index in [9.17, 15) is 0 Å². The highest BCUT2D eigenvalue weighted by atomic mass is 15.1. The van der Waals surface area contributed by atoms with Crippen LogP contribution in [0.1, 0.15) is 257 Å². The second-order valence-corrected chi connectivity index (χ2v) is 14.7. The largest absolute Gasteiger partial charge is 0.257 e. The van der Waals surface area contributed by atoms with Gasteiger partial charge in [-0.15, -0.1) is 0 Å². The van der Waals surface area contributed by atoms with Crippen molar-refractivity contribution >= 4 is 0 Å². The van der Waals surface area contributed by atoms with Gasteiger partial charge in [0.25, 0.3) is 5.82 Å². The average Bonchev–Trinajstić information content (AvgIpc) is 3.53. The molecule has 1 aromatic rings. The first kappa shape index (κ1) is 41.2. The Kier molecular flexibility index (Phi) is 30.1. The van der Waals surface area contributed by atoms with E-state index in [1.54, 1.807) is 0 Å². The van der Waals surface area contributed by atoms with E-state index in [-0.39, 0.29) is 0 Å². The van der Waals surface area contributed by atoms with Crippen molar-refractivity contribution in [3.63, 3.8) is 0 Å². The number of imidazole rings is 1. The summed E-state index contributed by atoms with van der Waals surface area (Å²) in [6, 6.07) is 0.620. The van der Waals surface area contributed by atoms with E-state index in [0.29, 0.717) is 12.0 Å². The predicted octanol–water partition coefficient (Wildman–Crippen LogP) is 14.9. The Bertz CT molecular complexity index is 679. The molecule has 2 heteroatoms. The average molecular weight is 616 g/mol. The highest BCUT2D eigenvalue weighted by Gasteiger charge is 2.25. The van der Waals surface area contributed by atoms with Gasteiger partial charge in [-0.3, -0.25) is 0 Å². The number of nitrogens with one attached hydrogen (secondary N) is 1. The molecule has 0 aliphatic carbocycles. The second kappa shape index (κ2) is 32.2. The normalized spacial score (nSPS) is 13.1. The van der Waals surface area contributed by atoms with Gasteiger partial charge in [-0.2, -0.15) is 0 Å². The van der Waals surface area contributed by atoms with Crippen molar-refractivity contribution in [1.82, 2.24) is 4.98 Å². The van der Waals surface area contributed by atoms with Crippen molar-refractivity contribution in [1.29, 1.82) is 0 Å². The molecule has 0 aliphatic rings. The second-order valence-electron chi connectivity index (χ2n) is 14.7. The zero-order chi connectivity index (χ0) is 31.8. The molecule has 1 aromatic heterocycles. The lowest BCUT2D eigenvalue weighted by Gasteiger charge is -2.17. The maximum absolute atomic E-state index is 3.75. The van der Waals surface area contributed by atoms with Gasteiger partial charge in [-0.05, 0) is 32.6 Å². The van der Waals surface area contributed by atoms with Crippen molar-refractivity contribution in [3.05, 3.63) is 18.2 Å². The lowest BCUT2D eigenvalue weighted by atomic mass is 9.92. The fourth-order valence-electron chi connectivity index (χ4n) is 7.31. The summed E-state index contributed by atoms with van der Waals surface area (Å²) in [5.41, 5.74) is 0. The first-order valence-electron chi connectivity index (χ1n) is 20.8. The molecule has 0 saturated heterocycles. The van der Waals surface area contributed by atoms with Crippen LogP contribution in [0, 0.1) is 0 Å². The first-order valence-corrected chi connectivity index (χ1v) is 20.8. The third kappa shape index (κ3) is 23.5. The van der Waals surface area contributed by atoms with Crippen LogP contribution in [0.25, 0.3) is 0 Å². The Morgan fingerprint density at radius 3 is 1.07 bits per heavy atom. The van der Waals surface area contributed by atoms with Gasteiger partial charge in [0.2, 0.25) is 0 Å². The summed E-state index contributed by atoms with van der Waals surface area (Å²) in [6.07, 6.45) is 51.7. The van der Waals surface area contributed by atoms with Crippen molar-refractivity contribution < 1.29 is 4.57 Å². The Balaban J connectivity index is 2.31. The molecule has 0 radical (unpaired) electrons. The van der Waals surface area contributed by atoms with E-state index in [2.05, 4.69) is 49.6 Å². The number of aromatic amines is 1. The molecule has 1 heterocycles. The molecule has 1 rings (SSSR count). The Morgan fingerprint density at radius 1 is 0.432 bits per heavy atom. The first-order chi connectivity index (χ1) is 21.7. The number of aromatic nitrogens is 2. The number of unbranched alkanes of at least 4 members (excludes halogenated alkanes) is 27. The van der Waals surface area contributed by atoms with Crippen LogP contribution < -0.4 is 4.57 Å². The van der Waals surface area contributed by atoms with Gasteiger partial charge >= 0.3 is 0 Å². The minimum absolute atomic E-state index is 0.620. The molecule has 0 aromatic carbocycles. The van der Waals surface area contributed by atoms with Gasteiger partial charge in [0, 0.05) is 0 Å². The molecule has 0 aliphatic heterocycles. The lowest BCUT2D eigenvalue weighted by molar-refractivity contribution is -0.727. The van der Waals surface area contributed by atoms with Crippen LogP contribution in [0.2, 0.25) is 0 Å². The molecule has 1 N–H and O–H groups in total. The number of nitrogens with zero attached hydrogens (tertiary/aromatic N) is 1. The topological polar surface area (TPSA) is 19.7 Å². The van der Waals surface area contributed by atoms with Gasteiger partial charge < -0.3 is 0 Å². The van der Waals surface area contributed by atoms with E-state index in [0.717, 1.165) is 0 Å². The van der Waals surface area contributed by atoms with Gasteiger partial charge in [0.15, 0.2) is 0 Å². The fourth-order valence-corrected chi connectivity index (χ4v) is 7.31. The third-order valence-electron chi connectivity index (χ3n) is 10.4. The molecule has 0 saturated carbocycles. The minimum atomic E-state index is 0.620. The molecule has 0 amide bonds. The number of hydrogen-bond donors (Lipinski definition) is 1. The molecule has 2 nitrogen and oxygen atoms in total. The highest BCUT2D eigenvalue weighted by molar-refractivity contribution is 4.90. The summed E-state index contributed by atoms with van der Waals surface area (Å²) in [5.74, 6) is 2.25. The molecule has 44 heavy (non-hydrogen) atoms. The van der Waals surface area contributed by atoms with Crippen molar-refractivity contribution in [3.8, 4) is 0 Å². The summed E-state index contributed by atoms with van der Waals surface area (Å²) in [5, 5.41) is 0. The Hall–Kier alpha value is -0.790. The zero-order valence-corrected chi connectivity index (χ0v) is 31.1. The minimum Gasteiger partial charge on any atom is -0.247 e. The highest BCUT2D eigenvalue weighted by Crippen LogP contribution is 2.27. The van der Waals surface area contributed by atoms with E-state index in [4.69, 9.17) is 0 Å². The van der Waals surface area contributed by atoms with E-state index < -0.39 is 0 Å². The summed E-state index contributed by atoms with van der Waals surface area (Å²) in [6.45, 7) is 9.42. The summed E-state index contributed by atoms with van der Waals surface area (Å²) in [7, 11) is 0. The van der Waals surface area contributed by atoms with E-state index in [1.807, 2.05) is 0 Å². The quantitative estimate of drug-likeness (QED) is 0.0579. The molecule has 2 unspecified atom stereocenters. The predicted molar refractivity (Wildman–Crippen MR) is 198 cm³/mol. The number of H-pyrrole nitrogens is 1. The maximum atomic E-state index is 3.75. The molecule has 2 atom stereocenters. The summed E-state index contributed by atoms with van der Waals surface area (Å²) in [4.78, 5) is 3.75. The molecule has 0 spiro atoms. The van der Waals surface area contributed by atoms with Crippen molar-refractivity contribution in [2.75, 3.05) is 0 Å². The molecule has 260 valence electrons. The van der Waals surface area contributed by atoms with Crippen LogP contribution in [0.5, 0.6) is 0 Å². The summed E-state index contributed by atoms with van der Waals surface area (Å²) >= 11 is 0. The van der Waals surface area contributed by atoms with Crippen LogP contribution >= 0.6 is 0 Å². The van der Waals surface area contributed by atoms with Gasteiger partial charge in [-0.25, -0.2) is 9.55 Å². The van der Waals surface area contributed by atoms with Crippen LogP contribution in [-0.4, -0.2) is 4.98 Å². The van der Waals surface area contributed by atoms with Crippen LogP contribution in [0.4, 0.5) is 0 Å². The zero-order valence-electron chi connectivity index (χ0n) is 31.1. The SMILES string of the molecule is CCCCCCCCCCCCCCCCCCC(CCCCCCCC)c1[nH]cc[n+]1C(C)CCCCCCCCCC. The smallest absolute Gasteiger partial charge is 0.247 e. The van der Waals surface area contributed by atoms with Crippen LogP contribution in [-0.2, 0) is 0 Å². The van der Waals surface area contributed by atoms with Crippen LogP contribution in [0.3, 0.4) is 0 Å². The van der Waals surface area contributed by atoms with Gasteiger partial charge in [-0.1, -0.05) is 207 Å². The molecule has 0 bridgehead atoms. The summed E-state index contributed by atoms with van der Waals surface area (Å²) < 4.78 is 2.63. The van der Waals surface area contributed by atoms with Gasteiger partial charge in [0.05, 0.1) is 12.0 Å². The number of rotatable bonds is 35. The standard InChI is InChI=1S/C42H82N2/c1-5-8-11-14-17-19-20-21-22-23-24-25-26-28-31-34-37-41(36-33-30-16-13-10-7-3)42-43-38-39-44(42)40(4)35-32-29-27-18-15-12-9-6-2/h38-41H,5-37H2,1-4H3/p+1. The molecular formula is C42H83N2+. The van der Waals surface area contributed by atoms with Crippen molar-refractivity contribution in [2.24, 2.45) is 0 Å². The Labute approximate surface area is 278 Å². The molecule has 0 fully saturated rings. The lowest BCUT2D eigenvalue weighted by Crippen LogP contribution is -2.41. The fraction of sp³-hybridized carbons (Fsp3) is 0.929. The van der Waals surface area contributed by atoms with E-state index in [1.165, 1.54) is 218 Å².